The molecule has 0 aromatic carbocycles. The number of nitrogen functional groups attached to an aromatic ring is 1. The van der Waals surface area contributed by atoms with Crippen molar-refractivity contribution in [2.24, 2.45) is 0 Å². The third-order valence-corrected chi connectivity index (χ3v) is 1.65. The molecule has 1 heterocycles. The number of hydrogen-bond donors (Lipinski definition) is 2. The third-order valence-electron chi connectivity index (χ3n) is 1.65. The third kappa shape index (κ3) is 1.93. The maximum absolute atomic E-state index is 10.3. The van der Waals surface area contributed by atoms with Gasteiger partial charge in [-0.05, 0) is 6.92 Å². The van der Waals surface area contributed by atoms with Crippen molar-refractivity contribution in [2.45, 2.75) is 13.3 Å². The van der Waals surface area contributed by atoms with Gasteiger partial charge in [0.25, 0.3) is 0 Å². The lowest BCUT2D eigenvalue weighted by Gasteiger charge is -2.07. The fourth-order valence-corrected chi connectivity index (χ4v) is 1.06. The van der Waals surface area contributed by atoms with Gasteiger partial charge in [-0.1, -0.05) is 0 Å². The van der Waals surface area contributed by atoms with E-state index in [-0.39, 0.29) is 6.42 Å². The van der Waals surface area contributed by atoms with E-state index in [1.165, 1.54) is 0 Å². The smallest absolute Gasteiger partial charge is 0.153 e. The maximum atomic E-state index is 10.3. The molecule has 0 aliphatic rings. The number of aryl methyl sites for hydroxylation is 1. The van der Waals surface area contributed by atoms with E-state index < -0.39 is 0 Å². The zero-order valence-corrected chi connectivity index (χ0v) is 7.66. The molecular formula is C8H12N4O. The van der Waals surface area contributed by atoms with Crippen LogP contribution in [0.4, 0.5) is 11.5 Å². The molecule has 1 aromatic rings. The van der Waals surface area contributed by atoms with E-state index in [0.29, 0.717) is 23.0 Å². The molecule has 0 radical (unpaired) electrons. The molecule has 0 spiro atoms. The number of carbonyl (C=O) groups excluding carboxylic acids is 1. The predicted octanol–water partition coefficient (Wildman–Crippen LogP) is 0.150. The molecule has 3 N–H and O–H groups in total. The van der Waals surface area contributed by atoms with E-state index in [2.05, 4.69) is 15.3 Å². The molecule has 1 rings (SSSR count). The second-order valence-electron chi connectivity index (χ2n) is 2.60. The Morgan fingerprint density at radius 3 is 2.77 bits per heavy atom. The molecule has 0 fully saturated rings. The van der Waals surface area contributed by atoms with Crippen LogP contribution in [0.5, 0.6) is 0 Å². The summed E-state index contributed by atoms with van der Waals surface area (Å²) in [5.41, 5.74) is 6.72. The highest BCUT2D eigenvalue weighted by molar-refractivity contribution is 5.68. The van der Waals surface area contributed by atoms with Crippen molar-refractivity contribution in [1.29, 1.82) is 0 Å². The zero-order valence-electron chi connectivity index (χ0n) is 7.66. The first-order valence-electron chi connectivity index (χ1n) is 3.93. The Labute approximate surface area is 76.4 Å². The van der Waals surface area contributed by atoms with Gasteiger partial charge >= 0.3 is 0 Å². The summed E-state index contributed by atoms with van der Waals surface area (Å²) in [5.74, 6) is 1.18. The van der Waals surface area contributed by atoms with Crippen LogP contribution in [0.3, 0.4) is 0 Å². The average molecular weight is 180 g/mol. The highest BCUT2D eigenvalue weighted by atomic mass is 16.1. The number of nitrogens with two attached hydrogens (primary N) is 1. The Balaban J connectivity index is 3.18. The van der Waals surface area contributed by atoms with Gasteiger partial charge in [-0.15, -0.1) is 0 Å². The summed E-state index contributed by atoms with van der Waals surface area (Å²) >= 11 is 0. The van der Waals surface area contributed by atoms with Gasteiger partial charge in [0, 0.05) is 13.5 Å². The molecular weight excluding hydrogens is 168 g/mol. The summed E-state index contributed by atoms with van der Waals surface area (Å²) in [6.45, 7) is 1.76. The summed E-state index contributed by atoms with van der Waals surface area (Å²) < 4.78 is 0. The van der Waals surface area contributed by atoms with Gasteiger partial charge in [0.05, 0.1) is 11.4 Å². The van der Waals surface area contributed by atoms with Crippen LogP contribution in [-0.4, -0.2) is 23.3 Å². The molecule has 0 aliphatic heterocycles. The molecule has 13 heavy (non-hydrogen) atoms. The molecule has 0 amide bonds. The Kier molecular flexibility index (Phi) is 2.79. The van der Waals surface area contributed by atoms with E-state index in [9.17, 15) is 4.79 Å². The van der Waals surface area contributed by atoms with Gasteiger partial charge in [-0.25, -0.2) is 9.97 Å². The molecule has 0 unspecified atom stereocenters. The van der Waals surface area contributed by atoms with Crippen molar-refractivity contribution in [3.05, 3.63) is 11.5 Å². The summed E-state index contributed by atoms with van der Waals surface area (Å²) in [7, 11) is 1.73. The van der Waals surface area contributed by atoms with Gasteiger partial charge in [-0.2, -0.15) is 0 Å². The van der Waals surface area contributed by atoms with Crippen molar-refractivity contribution < 1.29 is 4.79 Å². The molecule has 5 nitrogen and oxygen atoms in total. The van der Waals surface area contributed by atoms with Crippen molar-refractivity contribution in [1.82, 2.24) is 9.97 Å². The number of rotatable bonds is 3. The second-order valence-corrected chi connectivity index (χ2v) is 2.60. The van der Waals surface area contributed by atoms with Crippen LogP contribution >= 0.6 is 0 Å². The molecule has 70 valence electrons. The molecule has 0 atom stereocenters. The van der Waals surface area contributed by atoms with Gasteiger partial charge in [0.2, 0.25) is 0 Å². The van der Waals surface area contributed by atoms with Crippen molar-refractivity contribution in [3.8, 4) is 0 Å². The van der Waals surface area contributed by atoms with E-state index in [4.69, 9.17) is 5.73 Å². The van der Waals surface area contributed by atoms with Crippen LogP contribution in [0.15, 0.2) is 0 Å². The Hall–Kier alpha value is -1.65. The standard InChI is InChI=1S/C8H12N4O/c1-5-11-6(3-4-13)7(9)8(10-2)12-5/h4H,3,9H2,1-2H3,(H,10,11,12). The minimum Gasteiger partial charge on any atom is -0.394 e. The van der Waals surface area contributed by atoms with Crippen LogP contribution in [0.1, 0.15) is 11.5 Å². The molecule has 0 aliphatic carbocycles. The van der Waals surface area contributed by atoms with Crippen molar-refractivity contribution in [2.75, 3.05) is 18.1 Å². The molecule has 5 heteroatoms. The van der Waals surface area contributed by atoms with E-state index >= 15 is 0 Å². The van der Waals surface area contributed by atoms with Crippen LogP contribution in [0.2, 0.25) is 0 Å². The number of aldehydes is 1. The first kappa shape index (κ1) is 9.44. The SMILES string of the molecule is CNc1nc(C)nc(CC=O)c1N. The van der Waals surface area contributed by atoms with Crippen molar-refractivity contribution >= 4 is 17.8 Å². The van der Waals surface area contributed by atoms with Gasteiger partial charge in [-0.3, -0.25) is 0 Å². The highest BCUT2D eigenvalue weighted by Crippen LogP contribution is 2.18. The number of nitrogens with zero attached hydrogens (tertiary/aromatic N) is 2. The van der Waals surface area contributed by atoms with Crippen LogP contribution in [-0.2, 0) is 11.2 Å². The maximum Gasteiger partial charge on any atom is 0.153 e. The van der Waals surface area contributed by atoms with E-state index in [1.54, 1.807) is 14.0 Å². The number of nitrogens with one attached hydrogen (secondary N) is 1. The number of hydrogen-bond acceptors (Lipinski definition) is 5. The fraction of sp³-hybridized carbons (Fsp3) is 0.375. The quantitative estimate of drug-likeness (QED) is 0.647. The Morgan fingerprint density at radius 1 is 1.54 bits per heavy atom. The zero-order chi connectivity index (χ0) is 9.84. The number of aromatic nitrogens is 2. The van der Waals surface area contributed by atoms with Gasteiger partial charge in [0.1, 0.15) is 12.1 Å². The van der Waals surface area contributed by atoms with Crippen LogP contribution in [0.25, 0.3) is 0 Å². The first-order valence-corrected chi connectivity index (χ1v) is 3.93. The molecule has 0 saturated heterocycles. The highest BCUT2D eigenvalue weighted by Gasteiger charge is 2.07. The number of anilines is 2. The topological polar surface area (TPSA) is 80.9 Å². The van der Waals surface area contributed by atoms with Crippen LogP contribution < -0.4 is 11.1 Å². The minimum atomic E-state index is 0.226. The summed E-state index contributed by atoms with van der Waals surface area (Å²) in [6, 6.07) is 0. The average Bonchev–Trinajstić information content (AvgIpc) is 2.11. The van der Waals surface area contributed by atoms with Crippen molar-refractivity contribution in [3.63, 3.8) is 0 Å². The van der Waals surface area contributed by atoms with E-state index in [1.807, 2.05) is 0 Å². The minimum absolute atomic E-state index is 0.226. The summed E-state index contributed by atoms with van der Waals surface area (Å²) in [5, 5.41) is 2.84. The lowest BCUT2D eigenvalue weighted by Crippen LogP contribution is -2.07. The normalized spacial score (nSPS) is 9.69. The van der Waals surface area contributed by atoms with Gasteiger partial charge in [0.15, 0.2) is 5.82 Å². The monoisotopic (exact) mass is 180 g/mol. The molecule has 1 aromatic heterocycles. The Morgan fingerprint density at radius 2 is 2.23 bits per heavy atom. The molecule has 0 bridgehead atoms. The lowest BCUT2D eigenvalue weighted by molar-refractivity contribution is -0.107. The lowest BCUT2D eigenvalue weighted by atomic mass is 10.2. The van der Waals surface area contributed by atoms with E-state index in [0.717, 1.165) is 6.29 Å². The Bertz CT molecular complexity index is 324. The summed E-state index contributed by atoms with van der Waals surface area (Å²) in [6.07, 6.45) is 1.00. The fourth-order valence-electron chi connectivity index (χ4n) is 1.06. The summed E-state index contributed by atoms with van der Waals surface area (Å²) in [4.78, 5) is 18.4. The predicted molar refractivity (Wildman–Crippen MR) is 50.5 cm³/mol. The second kappa shape index (κ2) is 3.84. The van der Waals surface area contributed by atoms with Crippen LogP contribution in [0, 0.1) is 6.92 Å². The molecule has 0 saturated carbocycles. The first-order chi connectivity index (χ1) is 6.19. The number of carbonyl (C=O) groups is 1. The largest absolute Gasteiger partial charge is 0.394 e. The van der Waals surface area contributed by atoms with Gasteiger partial charge < -0.3 is 15.8 Å².